The summed E-state index contributed by atoms with van der Waals surface area (Å²) in [5.74, 6) is -0.994. The number of carbonyl (C=O) groups is 2. The Kier molecular flexibility index (Phi) is 4.56. The molecule has 0 fully saturated rings. The molecule has 1 amide bonds. The second-order valence-electron chi connectivity index (χ2n) is 6.44. The predicted octanol–water partition coefficient (Wildman–Crippen LogP) is 1.53. The molecule has 3 heterocycles. The minimum atomic E-state index is -0.776. The van der Waals surface area contributed by atoms with Gasteiger partial charge in [-0.3, -0.25) is 4.79 Å². The van der Waals surface area contributed by atoms with Crippen LogP contribution in [0.5, 0.6) is 0 Å². The summed E-state index contributed by atoms with van der Waals surface area (Å²) in [6, 6.07) is 11.5. The van der Waals surface area contributed by atoms with Crippen LogP contribution in [0.1, 0.15) is 34.0 Å². The van der Waals surface area contributed by atoms with Crippen molar-refractivity contribution >= 4 is 23.4 Å². The molecule has 0 radical (unpaired) electrons. The molecular formula is C19H18N6O3. The van der Waals surface area contributed by atoms with Crippen LogP contribution in [0.4, 0.5) is 0 Å². The normalized spacial score (nSPS) is 13.6. The summed E-state index contributed by atoms with van der Waals surface area (Å²) in [4.78, 5) is 32.8. The van der Waals surface area contributed by atoms with E-state index >= 15 is 0 Å². The average Bonchev–Trinajstić information content (AvgIpc) is 3.34. The van der Waals surface area contributed by atoms with E-state index in [1.54, 1.807) is 0 Å². The lowest BCUT2D eigenvalue weighted by molar-refractivity contribution is -0.134. The van der Waals surface area contributed by atoms with Gasteiger partial charge in [0.2, 0.25) is 0 Å². The van der Waals surface area contributed by atoms with Crippen molar-refractivity contribution in [2.45, 2.75) is 20.3 Å². The molecule has 4 rings (SSSR count). The Morgan fingerprint density at radius 1 is 1.14 bits per heavy atom. The molecule has 0 unspecified atom stereocenters. The molecule has 1 aliphatic rings. The third kappa shape index (κ3) is 3.46. The van der Waals surface area contributed by atoms with Gasteiger partial charge in [0.15, 0.2) is 6.61 Å². The third-order valence-electron chi connectivity index (χ3n) is 4.32. The maximum absolute atomic E-state index is 12.3. The van der Waals surface area contributed by atoms with Crippen LogP contribution in [-0.2, 0) is 9.53 Å². The number of ether oxygens (including phenoxy) is 1. The van der Waals surface area contributed by atoms with Crippen LogP contribution < -0.4 is 0 Å². The van der Waals surface area contributed by atoms with E-state index in [4.69, 9.17) is 4.74 Å². The van der Waals surface area contributed by atoms with Crippen LogP contribution in [0, 0.1) is 13.8 Å². The molecule has 0 aliphatic carbocycles. The van der Waals surface area contributed by atoms with Gasteiger partial charge in [0.1, 0.15) is 0 Å². The molecule has 1 aliphatic heterocycles. The Hall–Kier alpha value is -3.62. The number of amides is 1. The summed E-state index contributed by atoms with van der Waals surface area (Å²) < 4.78 is 6.54. The van der Waals surface area contributed by atoms with Gasteiger partial charge in [-0.15, -0.1) is 5.10 Å². The van der Waals surface area contributed by atoms with Crippen molar-refractivity contribution in [1.29, 1.82) is 0 Å². The zero-order valence-corrected chi connectivity index (χ0v) is 15.5. The maximum Gasteiger partial charge on any atom is 0.378 e. The summed E-state index contributed by atoms with van der Waals surface area (Å²) in [6.45, 7) is 3.70. The molecule has 142 valence electrons. The minimum Gasteiger partial charge on any atom is -0.450 e. The Morgan fingerprint density at radius 3 is 2.71 bits per heavy atom. The summed E-state index contributed by atoms with van der Waals surface area (Å²) in [7, 11) is 0. The standard InChI is InChI=1S/C19H18N6O3/c1-12-10-13(2)25-19(20-12)21-17(23-25)18(27)28-11-16(26)24-9-8-15(22-24)14-6-4-3-5-7-14/h3-7,10H,8-9,11H2,1-2H3. The number of hydrogen-bond acceptors (Lipinski definition) is 7. The summed E-state index contributed by atoms with van der Waals surface area (Å²) >= 11 is 0. The van der Waals surface area contributed by atoms with Crippen molar-refractivity contribution in [2.75, 3.05) is 13.2 Å². The zero-order valence-electron chi connectivity index (χ0n) is 15.5. The molecule has 0 saturated carbocycles. The molecule has 2 aromatic heterocycles. The molecule has 1 aromatic carbocycles. The van der Waals surface area contributed by atoms with Crippen LogP contribution in [0.2, 0.25) is 0 Å². The van der Waals surface area contributed by atoms with Crippen LogP contribution in [0.15, 0.2) is 41.5 Å². The van der Waals surface area contributed by atoms with E-state index in [-0.39, 0.29) is 5.82 Å². The first kappa shape index (κ1) is 17.8. The number of carbonyl (C=O) groups excluding carboxylic acids is 2. The van der Waals surface area contributed by atoms with Gasteiger partial charge in [-0.25, -0.2) is 19.3 Å². The smallest absolute Gasteiger partial charge is 0.378 e. The second-order valence-corrected chi connectivity index (χ2v) is 6.44. The van der Waals surface area contributed by atoms with Crippen molar-refractivity contribution in [1.82, 2.24) is 24.6 Å². The van der Waals surface area contributed by atoms with E-state index in [1.807, 2.05) is 50.2 Å². The number of fused-ring (bicyclic) bond motifs is 1. The number of nitrogens with zero attached hydrogens (tertiary/aromatic N) is 6. The van der Waals surface area contributed by atoms with E-state index in [1.165, 1.54) is 9.52 Å². The van der Waals surface area contributed by atoms with Crippen LogP contribution in [0.25, 0.3) is 5.78 Å². The lowest BCUT2D eigenvalue weighted by Gasteiger charge is -2.10. The Labute approximate surface area is 160 Å². The van der Waals surface area contributed by atoms with E-state index < -0.39 is 18.5 Å². The fourth-order valence-electron chi connectivity index (χ4n) is 2.99. The predicted molar refractivity (Wildman–Crippen MR) is 99.8 cm³/mol. The van der Waals surface area contributed by atoms with E-state index in [0.29, 0.717) is 18.7 Å². The molecular weight excluding hydrogens is 360 g/mol. The quantitative estimate of drug-likeness (QED) is 0.638. The molecule has 9 heteroatoms. The molecule has 9 nitrogen and oxygen atoms in total. The number of aryl methyl sites for hydroxylation is 2. The maximum atomic E-state index is 12.3. The molecule has 28 heavy (non-hydrogen) atoms. The van der Waals surface area contributed by atoms with Crippen LogP contribution >= 0.6 is 0 Å². The lowest BCUT2D eigenvalue weighted by atomic mass is 10.1. The second kappa shape index (κ2) is 7.18. The number of aromatic nitrogens is 4. The van der Waals surface area contributed by atoms with Gasteiger partial charge in [-0.1, -0.05) is 30.3 Å². The molecule has 0 spiro atoms. The summed E-state index contributed by atoms with van der Waals surface area (Å²) in [5, 5.41) is 9.75. The fourth-order valence-corrected chi connectivity index (χ4v) is 2.99. The van der Waals surface area contributed by atoms with Crippen molar-refractivity contribution in [3.8, 4) is 0 Å². The lowest BCUT2D eigenvalue weighted by Crippen LogP contribution is -2.29. The highest BCUT2D eigenvalue weighted by Gasteiger charge is 2.24. The van der Waals surface area contributed by atoms with Crippen molar-refractivity contribution in [2.24, 2.45) is 5.10 Å². The SMILES string of the molecule is Cc1cc(C)n2nc(C(=O)OCC(=O)N3CCC(c4ccccc4)=N3)nc2n1. The van der Waals surface area contributed by atoms with Crippen LogP contribution in [0.3, 0.4) is 0 Å². The van der Waals surface area contributed by atoms with Gasteiger partial charge in [-0.05, 0) is 25.5 Å². The molecule has 0 N–H and O–H groups in total. The zero-order chi connectivity index (χ0) is 19.7. The molecule has 3 aromatic rings. The van der Waals surface area contributed by atoms with Crippen molar-refractivity contribution < 1.29 is 14.3 Å². The highest BCUT2D eigenvalue weighted by Crippen LogP contribution is 2.14. The third-order valence-corrected chi connectivity index (χ3v) is 4.32. The monoisotopic (exact) mass is 378 g/mol. The van der Waals surface area contributed by atoms with Crippen molar-refractivity contribution in [3.63, 3.8) is 0 Å². The fraction of sp³-hybridized carbons (Fsp3) is 0.263. The number of rotatable bonds is 4. The Balaban J connectivity index is 1.40. The highest BCUT2D eigenvalue weighted by molar-refractivity contribution is 6.02. The number of hydrogen-bond donors (Lipinski definition) is 0. The molecule has 0 bridgehead atoms. The molecule has 0 atom stereocenters. The largest absolute Gasteiger partial charge is 0.450 e. The first-order valence-corrected chi connectivity index (χ1v) is 8.82. The van der Waals surface area contributed by atoms with E-state index in [0.717, 1.165) is 22.7 Å². The van der Waals surface area contributed by atoms with Gasteiger partial charge in [0, 0.05) is 17.8 Å². The summed E-state index contributed by atoms with van der Waals surface area (Å²) in [6.07, 6.45) is 0.655. The van der Waals surface area contributed by atoms with Gasteiger partial charge in [-0.2, -0.15) is 10.1 Å². The number of benzene rings is 1. The Morgan fingerprint density at radius 2 is 1.93 bits per heavy atom. The molecule has 0 saturated heterocycles. The van der Waals surface area contributed by atoms with E-state index in [2.05, 4.69) is 20.2 Å². The number of hydrazone groups is 1. The van der Waals surface area contributed by atoms with Crippen molar-refractivity contribution in [3.05, 3.63) is 59.2 Å². The van der Waals surface area contributed by atoms with Crippen LogP contribution in [-0.4, -0.2) is 55.3 Å². The first-order valence-electron chi connectivity index (χ1n) is 8.82. The van der Waals surface area contributed by atoms with Gasteiger partial charge < -0.3 is 4.74 Å². The first-order chi connectivity index (χ1) is 13.5. The number of esters is 1. The minimum absolute atomic E-state index is 0.135. The van der Waals surface area contributed by atoms with E-state index in [9.17, 15) is 9.59 Å². The average molecular weight is 378 g/mol. The van der Waals surface area contributed by atoms with Gasteiger partial charge >= 0.3 is 5.97 Å². The summed E-state index contributed by atoms with van der Waals surface area (Å²) in [5.41, 5.74) is 3.37. The Bertz CT molecular complexity index is 1090. The van der Waals surface area contributed by atoms with Gasteiger partial charge in [0.25, 0.3) is 17.5 Å². The topological polar surface area (TPSA) is 102 Å². The highest BCUT2D eigenvalue weighted by atomic mass is 16.5. The van der Waals surface area contributed by atoms with Gasteiger partial charge in [0.05, 0.1) is 12.3 Å².